The number of nitrogens with zero attached hydrogens (tertiary/aromatic N) is 1. The van der Waals surface area contributed by atoms with E-state index in [0.29, 0.717) is 11.3 Å². The van der Waals surface area contributed by atoms with Gasteiger partial charge in [-0.25, -0.2) is 9.78 Å². The van der Waals surface area contributed by atoms with Gasteiger partial charge in [-0.15, -0.1) is 0 Å². The highest BCUT2D eigenvalue weighted by molar-refractivity contribution is 5.90. The summed E-state index contributed by atoms with van der Waals surface area (Å²) in [5.74, 6) is -2.97. The normalized spacial score (nSPS) is 14.0. The van der Waals surface area contributed by atoms with E-state index in [1.165, 1.54) is 6.07 Å². The minimum Gasteiger partial charge on any atom is -0.466 e. The zero-order valence-corrected chi connectivity index (χ0v) is 12.5. The number of halogens is 3. The van der Waals surface area contributed by atoms with Crippen molar-refractivity contribution in [3.05, 3.63) is 23.4 Å². The Kier molecular flexibility index (Phi) is 5.00. The lowest BCUT2D eigenvalue weighted by Gasteiger charge is -2.34. The average Bonchev–Trinajstić information content (AvgIpc) is 2.33. The fourth-order valence-corrected chi connectivity index (χ4v) is 1.91. The monoisotopic (exact) mass is 319 g/mol. The Balaban J connectivity index is 3.41. The largest absolute Gasteiger partial charge is 0.466 e. The van der Waals surface area contributed by atoms with E-state index in [9.17, 15) is 22.8 Å². The van der Waals surface area contributed by atoms with Crippen LogP contribution in [0.2, 0.25) is 0 Å². The van der Waals surface area contributed by atoms with E-state index in [1.807, 2.05) is 5.32 Å². The number of anilines is 1. The molecule has 1 amide bonds. The number of hydrogen-bond donors (Lipinski definition) is 2. The van der Waals surface area contributed by atoms with Crippen LogP contribution in [0.15, 0.2) is 12.1 Å². The lowest BCUT2D eigenvalue weighted by Crippen LogP contribution is -2.69. The van der Waals surface area contributed by atoms with Crippen LogP contribution in [-0.2, 0) is 14.3 Å². The molecule has 1 rings (SSSR count). The molecule has 0 radical (unpaired) electrons. The molecule has 1 atom stereocenters. The summed E-state index contributed by atoms with van der Waals surface area (Å²) in [5, 5.41) is 3.54. The first-order chi connectivity index (χ1) is 10.0. The molecule has 1 aromatic heterocycles. The van der Waals surface area contributed by atoms with Crippen molar-refractivity contribution in [2.75, 3.05) is 12.4 Å². The van der Waals surface area contributed by atoms with E-state index in [4.69, 9.17) is 0 Å². The summed E-state index contributed by atoms with van der Waals surface area (Å²) in [5.41, 5.74) is -2.33. The second-order valence-electron chi connectivity index (χ2n) is 4.72. The zero-order valence-electron chi connectivity index (χ0n) is 12.5. The number of pyridine rings is 1. The number of carbonyl (C=O) groups is 2. The van der Waals surface area contributed by atoms with Crippen LogP contribution in [0.25, 0.3) is 0 Å². The van der Waals surface area contributed by atoms with Gasteiger partial charge in [0.2, 0.25) is 5.91 Å². The molecule has 0 spiro atoms. The molecule has 0 aliphatic rings. The molecule has 0 fully saturated rings. The third-order valence-electron chi connectivity index (χ3n) is 2.69. The number of aryl methyl sites for hydroxylation is 2. The number of methoxy groups -OCH3 is 1. The summed E-state index contributed by atoms with van der Waals surface area (Å²) < 4.78 is 44.6. The summed E-state index contributed by atoms with van der Waals surface area (Å²) in [6.45, 7) is 4.11. The molecule has 0 bridgehead atoms. The molecule has 0 saturated carbocycles. The Morgan fingerprint density at radius 1 is 1.23 bits per heavy atom. The Morgan fingerprint density at radius 2 is 1.82 bits per heavy atom. The number of ether oxygens (including phenoxy) is 1. The predicted molar refractivity (Wildman–Crippen MR) is 72.0 cm³/mol. The second-order valence-corrected chi connectivity index (χ2v) is 4.72. The predicted octanol–water partition coefficient (Wildman–Crippen LogP) is 1.68. The number of rotatable bonds is 4. The van der Waals surface area contributed by atoms with Crippen molar-refractivity contribution in [3.8, 4) is 0 Å². The van der Waals surface area contributed by atoms with Crippen LogP contribution in [0, 0.1) is 13.8 Å². The molecular formula is C13H16F3N3O3. The summed E-state index contributed by atoms with van der Waals surface area (Å²) >= 11 is 0. The number of esters is 1. The molecule has 0 aromatic carbocycles. The highest BCUT2D eigenvalue weighted by Gasteiger charge is 2.63. The maximum absolute atomic E-state index is 13.5. The van der Waals surface area contributed by atoms with Crippen LogP contribution in [0.4, 0.5) is 19.0 Å². The van der Waals surface area contributed by atoms with Gasteiger partial charge in [-0.1, -0.05) is 0 Å². The van der Waals surface area contributed by atoms with E-state index in [0.717, 1.165) is 14.0 Å². The van der Waals surface area contributed by atoms with Gasteiger partial charge < -0.3 is 15.4 Å². The first-order valence-electron chi connectivity index (χ1n) is 6.19. The average molecular weight is 319 g/mol. The fourth-order valence-electron chi connectivity index (χ4n) is 1.91. The molecule has 6 nitrogen and oxygen atoms in total. The summed E-state index contributed by atoms with van der Waals surface area (Å²) in [6.07, 6.45) is -5.15. The van der Waals surface area contributed by atoms with Gasteiger partial charge in [0.15, 0.2) is 0 Å². The van der Waals surface area contributed by atoms with Crippen molar-refractivity contribution >= 4 is 17.7 Å². The molecule has 22 heavy (non-hydrogen) atoms. The Hall–Kier alpha value is -2.32. The van der Waals surface area contributed by atoms with E-state index in [1.54, 1.807) is 25.2 Å². The molecule has 2 N–H and O–H groups in total. The summed E-state index contributed by atoms with van der Waals surface area (Å²) in [4.78, 5) is 26.8. The molecule has 0 aliphatic heterocycles. The Labute approximate surface area is 125 Å². The molecular weight excluding hydrogens is 303 g/mol. The molecule has 1 aromatic rings. The van der Waals surface area contributed by atoms with E-state index in [-0.39, 0.29) is 5.82 Å². The molecule has 1 heterocycles. The van der Waals surface area contributed by atoms with E-state index < -0.39 is 23.7 Å². The highest BCUT2D eigenvalue weighted by atomic mass is 19.4. The quantitative estimate of drug-likeness (QED) is 0.652. The van der Waals surface area contributed by atoms with Gasteiger partial charge in [-0.3, -0.25) is 4.79 Å². The van der Waals surface area contributed by atoms with Crippen LogP contribution in [0.1, 0.15) is 18.2 Å². The number of hydrogen-bond acceptors (Lipinski definition) is 5. The van der Waals surface area contributed by atoms with E-state index in [2.05, 4.69) is 9.72 Å². The minimum absolute atomic E-state index is 0.214. The van der Waals surface area contributed by atoms with Gasteiger partial charge in [-0.2, -0.15) is 13.2 Å². The van der Waals surface area contributed by atoms with Crippen LogP contribution < -0.4 is 10.6 Å². The number of alkyl halides is 3. The van der Waals surface area contributed by atoms with Crippen molar-refractivity contribution < 1.29 is 27.5 Å². The van der Waals surface area contributed by atoms with E-state index >= 15 is 0 Å². The fraction of sp³-hybridized carbons (Fsp3) is 0.462. The van der Waals surface area contributed by atoms with Crippen LogP contribution in [0.3, 0.4) is 0 Å². The number of nitrogens with one attached hydrogen (secondary N) is 2. The van der Waals surface area contributed by atoms with Crippen molar-refractivity contribution in [2.45, 2.75) is 32.6 Å². The summed E-state index contributed by atoms with van der Waals surface area (Å²) in [6, 6.07) is 2.97. The summed E-state index contributed by atoms with van der Waals surface area (Å²) in [7, 11) is 0.793. The lowest BCUT2D eigenvalue weighted by molar-refractivity contribution is -0.206. The third kappa shape index (κ3) is 3.66. The van der Waals surface area contributed by atoms with Crippen LogP contribution in [-0.4, -0.2) is 35.8 Å². The Morgan fingerprint density at radius 3 is 2.23 bits per heavy atom. The van der Waals surface area contributed by atoms with Crippen molar-refractivity contribution in [1.82, 2.24) is 10.3 Å². The van der Waals surface area contributed by atoms with Crippen molar-refractivity contribution in [2.24, 2.45) is 0 Å². The number of amides is 1. The molecule has 9 heteroatoms. The second kappa shape index (κ2) is 6.20. The number of carbonyl (C=O) groups excluding carboxylic acids is 2. The SMILES string of the molecule is COC(=O)[C@@](NC(C)=O)(Nc1cc(C)cc(C)n1)C(F)(F)F. The van der Waals surface area contributed by atoms with Gasteiger partial charge in [0.1, 0.15) is 5.82 Å². The lowest BCUT2D eigenvalue weighted by atomic mass is 10.1. The van der Waals surface area contributed by atoms with Crippen molar-refractivity contribution in [1.29, 1.82) is 0 Å². The van der Waals surface area contributed by atoms with Gasteiger partial charge in [-0.05, 0) is 31.5 Å². The zero-order chi connectivity index (χ0) is 17.1. The topological polar surface area (TPSA) is 80.3 Å². The van der Waals surface area contributed by atoms with Gasteiger partial charge in [0, 0.05) is 12.6 Å². The van der Waals surface area contributed by atoms with Crippen LogP contribution in [0.5, 0.6) is 0 Å². The van der Waals surface area contributed by atoms with Crippen molar-refractivity contribution in [3.63, 3.8) is 0 Å². The van der Waals surface area contributed by atoms with Gasteiger partial charge >= 0.3 is 17.8 Å². The van der Waals surface area contributed by atoms with Crippen LogP contribution >= 0.6 is 0 Å². The third-order valence-corrected chi connectivity index (χ3v) is 2.69. The molecule has 0 saturated heterocycles. The first kappa shape index (κ1) is 17.7. The molecule has 0 aliphatic carbocycles. The molecule has 122 valence electrons. The maximum Gasteiger partial charge on any atom is 0.441 e. The standard InChI is InChI=1S/C13H16F3N3O3/c1-7-5-8(2)17-10(6-7)19-12(11(21)22-4,13(14,15)16)18-9(3)20/h5-6H,1-4H3,(H,17,19)(H,18,20)/t12-/m1/s1. The minimum atomic E-state index is -5.15. The van der Waals surface area contributed by atoms with Gasteiger partial charge in [0.05, 0.1) is 7.11 Å². The highest BCUT2D eigenvalue weighted by Crippen LogP contribution is 2.32. The molecule has 0 unspecified atom stereocenters. The maximum atomic E-state index is 13.5. The Bertz CT molecular complexity index is 569. The smallest absolute Gasteiger partial charge is 0.441 e. The first-order valence-corrected chi connectivity index (χ1v) is 6.19. The number of aromatic nitrogens is 1. The van der Waals surface area contributed by atoms with Gasteiger partial charge in [0.25, 0.3) is 0 Å².